The molecule has 0 bridgehead atoms. The van der Waals surface area contributed by atoms with Crippen LogP contribution in [0.1, 0.15) is 42.3 Å². The summed E-state index contributed by atoms with van der Waals surface area (Å²) in [5.41, 5.74) is 4.25. The van der Waals surface area contributed by atoms with Crippen LogP contribution in [0, 0.1) is 5.82 Å². The molecule has 2 aliphatic heterocycles. The molecule has 0 unspecified atom stereocenters. The molecule has 4 aromatic rings. The minimum Gasteiger partial charge on any atom is -0.351 e. The Hall–Kier alpha value is -3.55. The van der Waals surface area contributed by atoms with E-state index < -0.39 is 0 Å². The lowest BCUT2D eigenvalue weighted by molar-refractivity contribution is 0.541. The molecule has 0 N–H and O–H groups in total. The Balaban J connectivity index is 1.27. The van der Waals surface area contributed by atoms with Crippen molar-refractivity contribution in [1.82, 2.24) is 24.7 Å². The van der Waals surface area contributed by atoms with E-state index in [1.165, 1.54) is 11.6 Å². The van der Waals surface area contributed by atoms with E-state index >= 15 is 0 Å². The molecule has 5 heterocycles. The SMILES string of the molecule is Fc1ccc2nc(C3CC3)nc(N3CCc4ncc(N5CCCn6nccc65)cc4C3)c2c1. The number of nitrogens with zero attached hydrogens (tertiary/aromatic N) is 7. The summed E-state index contributed by atoms with van der Waals surface area (Å²) in [6.07, 6.45) is 8.01. The number of benzene rings is 1. The largest absolute Gasteiger partial charge is 0.351 e. The predicted molar refractivity (Wildman–Crippen MR) is 124 cm³/mol. The number of halogens is 1. The number of pyridine rings is 1. The second kappa shape index (κ2) is 7.23. The lowest BCUT2D eigenvalue weighted by Gasteiger charge is -2.33. The van der Waals surface area contributed by atoms with Crippen LogP contribution in [0.15, 0.2) is 42.7 Å². The molecular formula is C25H24FN7. The fourth-order valence-electron chi connectivity index (χ4n) is 5.09. The maximum absolute atomic E-state index is 14.2. The first-order valence-electron chi connectivity index (χ1n) is 11.7. The van der Waals surface area contributed by atoms with E-state index in [0.29, 0.717) is 12.5 Å². The van der Waals surface area contributed by atoms with Crippen LogP contribution in [0.25, 0.3) is 10.9 Å². The summed E-state index contributed by atoms with van der Waals surface area (Å²) < 4.78 is 16.2. The van der Waals surface area contributed by atoms with E-state index in [1.54, 1.807) is 12.1 Å². The standard InChI is InChI=1S/C25H24FN7/c26-18-4-5-22-20(13-18)25(30-24(29-22)16-2-3-16)31-11-7-21-17(15-31)12-19(14-27-21)32-9-1-10-33-23(32)6-8-28-33/h4-6,8,12-14,16H,1-3,7,9-11,15H2. The van der Waals surface area contributed by atoms with Crippen molar-refractivity contribution in [1.29, 1.82) is 0 Å². The summed E-state index contributed by atoms with van der Waals surface area (Å²) in [5, 5.41) is 5.22. The topological polar surface area (TPSA) is 63.0 Å². The Morgan fingerprint density at radius 2 is 1.94 bits per heavy atom. The van der Waals surface area contributed by atoms with Gasteiger partial charge in [0.1, 0.15) is 23.3 Å². The van der Waals surface area contributed by atoms with Gasteiger partial charge in [0.2, 0.25) is 0 Å². The average molecular weight is 442 g/mol. The minimum atomic E-state index is -0.255. The van der Waals surface area contributed by atoms with Gasteiger partial charge in [-0.25, -0.2) is 19.0 Å². The van der Waals surface area contributed by atoms with Gasteiger partial charge in [-0.3, -0.25) is 4.98 Å². The highest BCUT2D eigenvalue weighted by Gasteiger charge is 2.30. The normalized spacial score (nSPS) is 17.8. The molecular weight excluding hydrogens is 417 g/mol. The Bertz CT molecular complexity index is 1380. The third-order valence-corrected chi connectivity index (χ3v) is 6.96. The molecule has 0 saturated heterocycles. The number of anilines is 3. The zero-order valence-corrected chi connectivity index (χ0v) is 18.3. The number of aromatic nitrogens is 5. The molecule has 7 rings (SSSR count). The van der Waals surface area contributed by atoms with Crippen molar-refractivity contribution in [2.45, 2.75) is 44.7 Å². The molecule has 1 saturated carbocycles. The van der Waals surface area contributed by atoms with E-state index in [-0.39, 0.29) is 5.82 Å². The summed E-state index contributed by atoms with van der Waals surface area (Å²) in [4.78, 5) is 19.1. The van der Waals surface area contributed by atoms with Gasteiger partial charge in [0.15, 0.2) is 0 Å². The number of aryl methyl sites for hydroxylation is 1. The van der Waals surface area contributed by atoms with Gasteiger partial charge in [0, 0.05) is 55.7 Å². The molecule has 3 aliphatic rings. The van der Waals surface area contributed by atoms with Crippen LogP contribution in [0.3, 0.4) is 0 Å². The van der Waals surface area contributed by atoms with E-state index in [9.17, 15) is 4.39 Å². The Morgan fingerprint density at radius 1 is 1.00 bits per heavy atom. The molecule has 0 spiro atoms. The maximum Gasteiger partial charge on any atom is 0.140 e. The van der Waals surface area contributed by atoms with Gasteiger partial charge in [0.25, 0.3) is 0 Å². The molecule has 1 aromatic carbocycles. The highest BCUT2D eigenvalue weighted by atomic mass is 19.1. The fourth-order valence-corrected chi connectivity index (χ4v) is 5.09. The predicted octanol–water partition coefficient (Wildman–Crippen LogP) is 4.34. The molecule has 166 valence electrons. The van der Waals surface area contributed by atoms with Gasteiger partial charge in [-0.1, -0.05) is 0 Å². The smallest absolute Gasteiger partial charge is 0.140 e. The number of rotatable bonds is 3. The number of hydrogen-bond donors (Lipinski definition) is 0. The number of hydrogen-bond acceptors (Lipinski definition) is 6. The quantitative estimate of drug-likeness (QED) is 0.471. The van der Waals surface area contributed by atoms with Crippen LogP contribution >= 0.6 is 0 Å². The average Bonchev–Trinajstić information content (AvgIpc) is 3.59. The minimum absolute atomic E-state index is 0.255. The Morgan fingerprint density at radius 3 is 2.85 bits per heavy atom. The van der Waals surface area contributed by atoms with Crippen LogP contribution in [-0.2, 0) is 19.5 Å². The zero-order valence-electron chi connectivity index (χ0n) is 18.3. The van der Waals surface area contributed by atoms with E-state index in [2.05, 4.69) is 31.7 Å². The first kappa shape index (κ1) is 19.0. The maximum atomic E-state index is 14.2. The summed E-state index contributed by atoms with van der Waals surface area (Å²) in [6.45, 7) is 3.42. The molecule has 0 amide bonds. The summed E-state index contributed by atoms with van der Waals surface area (Å²) >= 11 is 0. The van der Waals surface area contributed by atoms with Gasteiger partial charge in [-0.15, -0.1) is 0 Å². The van der Waals surface area contributed by atoms with E-state index in [4.69, 9.17) is 15.0 Å². The lowest BCUT2D eigenvalue weighted by atomic mass is 10.0. The van der Waals surface area contributed by atoms with Crippen LogP contribution in [-0.4, -0.2) is 37.8 Å². The van der Waals surface area contributed by atoms with E-state index in [1.807, 2.05) is 12.4 Å². The van der Waals surface area contributed by atoms with Crippen molar-refractivity contribution in [3.8, 4) is 0 Å². The number of fused-ring (bicyclic) bond motifs is 3. The van der Waals surface area contributed by atoms with Crippen molar-refractivity contribution in [3.63, 3.8) is 0 Å². The molecule has 8 heteroatoms. The van der Waals surface area contributed by atoms with Crippen molar-refractivity contribution in [2.75, 3.05) is 22.9 Å². The fraction of sp³-hybridized carbons (Fsp3) is 0.360. The molecule has 33 heavy (non-hydrogen) atoms. The monoisotopic (exact) mass is 441 g/mol. The van der Waals surface area contributed by atoms with Crippen molar-refractivity contribution >= 4 is 28.2 Å². The van der Waals surface area contributed by atoms with Crippen LogP contribution in [0.4, 0.5) is 21.7 Å². The van der Waals surface area contributed by atoms with Gasteiger partial charge in [-0.05, 0) is 49.1 Å². The van der Waals surface area contributed by atoms with Crippen LogP contribution in [0.2, 0.25) is 0 Å². The van der Waals surface area contributed by atoms with Crippen molar-refractivity contribution in [3.05, 3.63) is 65.6 Å². The summed E-state index contributed by atoms with van der Waals surface area (Å²) in [6, 6.07) is 9.15. The summed E-state index contributed by atoms with van der Waals surface area (Å²) in [5.74, 6) is 3.03. The molecule has 7 nitrogen and oxygen atoms in total. The Labute approximate surface area is 190 Å². The first-order chi connectivity index (χ1) is 16.2. The zero-order chi connectivity index (χ0) is 21.9. The third-order valence-electron chi connectivity index (χ3n) is 6.96. The third kappa shape index (κ3) is 3.23. The van der Waals surface area contributed by atoms with Gasteiger partial charge >= 0.3 is 0 Å². The molecule has 0 radical (unpaired) electrons. The van der Waals surface area contributed by atoms with E-state index in [0.717, 1.165) is 85.1 Å². The van der Waals surface area contributed by atoms with Gasteiger partial charge < -0.3 is 9.80 Å². The van der Waals surface area contributed by atoms with Crippen LogP contribution in [0.5, 0.6) is 0 Å². The van der Waals surface area contributed by atoms with Crippen molar-refractivity contribution in [2.24, 2.45) is 0 Å². The highest BCUT2D eigenvalue weighted by molar-refractivity contribution is 5.89. The molecule has 1 fully saturated rings. The van der Waals surface area contributed by atoms with Gasteiger partial charge in [0.05, 0.1) is 23.6 Å². The molecule has 0 atom stereocenters. The summed E-state index contributed by atoms with van der Waals surface area (Å²) in [7, 11) is 0. The molecule has 1 aliphatic carbocycles. The second-order valence-corrected chi connectivity index (χ2v) is 9.23. The molecule has 3 aromatic heterocycles. The highest BCUT2D eigenvalue weighted by Crippen LogP contribution is 2.40. The second-order valence-electron chi connectivity index (χ2n) is 9.23. The first-order valence-corrected chi connectivity index (χ1v) is 11.7. The van der Waals surface area contributed by atoms with Crippen LogP contribution < -0.4 is 9.80 Å². The van der Waals surface area contributed by atoms with Crippen molar-refractivity contribution < 1.29 is 4.39 Å². The Kier molecular flexibility index (Phi) is 4.16. The van der Waals surface area contributed by atoms with Gasteiger partial charge in [-0.2, -0.15) is 5.10 Å². The lowest BCUT2D eigenvalue weighted by Crippen LogP contribution is -2.33.